The second-order valence-corrected chi connectivity index (χ2v) is 6.48. The van der Waals surface area contributed by atoms with Gasteiger partial charge in [0.25, 0.3) is 0 Å². The second-order valence-electron chi connectivity index (χ2n) is 6.48. The van der Waals surface area contributed by atoms with E-state index in [0.717, 1.165) is 6.07 Å². The largest absolute Gasteiger partial charge is 0.494 e. The molecule has 0 amide bonds. The number of methoxy groups -OCH3 is 1. The van der Waals surface area contributed by atoms with E-state index in [9.17, 15) is 13.9 Å². The molecular weight excluding hydrogens is 305 g/mol. The lowest BCUT2D eigenvalue weighted by molar-refractivity contribution is 0.00578. The predicted octanol–water partition coefficient (Wildman–Crippen LogP) is 2.98. The fraction of sp³-hybridized carbons (Fsp3) is 0.500. The molecule has 1 heterocycles. The minimum absolute atomic E-state index is 0.206. The Morgan fingerprint density at radius 3 is 2.26 bits per heavy atom. The van der Waals surface area contributed by atoms with Crippen molar-refractivity contribution < 1.29 is 27.9 Å². The van der Waals surface area contributed by atoms with Crippen LogP contribution in [0.25, 0.3) is 6.08 Å². The first-order valence-corrected chi connectivity index (χ1v) is 7.31. The van der Waals surface area contributed by atoms with Gasteiger partial charge in [-0.2, -0.15) is 4.39 Å². The van der Waals surface area contributed by atoms with Crippen molar-refractivity contribution in [3.63, 3.8) is 0 Å². The zero-order chi connectivity index (χ0) is 17.4. The summed E-state index contributed by atoms with van der Waals surface area (Å²) in [5.74, 6) is -2.28. The maximum absolute atomic E-state index is 13.6. The summed E-state index contributed by atoms with van der Waals surface area (Å²) in [7, 11) is 0.496. The van der Waals surface area contributed by atoms with Crippen molar-refractivity contribution in [1.29, 1.82) is 0 Å². The third kappa shape index (κ3) is 3.41. The number of halogens is 2. The first-order chi connectivity index (χ1) is 10.6. The lowest BCUT2D eigenvalue weighted by Crippen LogP contribution is -2.41. The highest BCUT2D eigenvalue weighted by Crippen LogP contribution is 2.38. The van der Waals surface area contributed by atoms with Crippen molar-refractivity contribution in [3.8, 4) is 5.75 Å². The van der Waals surface area contributed by atoms with E-state index >= 15 is 0 Å². The molecule has 0 bridgehead atoms. The maximum Gasteiger partial charge on any atom is 0.492 e. The lowest BCUT2D eigenvalue weighted by atomic mass is 9.77. The molecule has 1 aromatic rings. The number of aliphatic hydroxyl groups excluding tert-OH is 1. The molecule has 0 aliphatic carbocycles. The lowest BCUT2D eigenvalue weighted by Gasteiger charge is -2.32. The highest BCUT2D eigenvalue weighted by atomic mass is 19.2. The summed E-state index contributed by atoms with van der Waals surface area (Å²) < 4.78 is 43.6. The third-order valence-corrected chi connectivity index (χ3v) is 4.33. The van der Waals surface area contributed by atoms with Gasteiger partial charge in [0.1, 0.15) is 0 Å². The van der Waals surface area contributed by atoms with E-state index in [1.807, 2.05) is 27.7 Å². The Labute approximate surface area is 135 Å². The molecule has 0 saturated carbocycles. The van der Waals surface area contributed by atoms with Crippen molar-refractivity contribution in [2.24, 2.45) is 0 Å². The van der Waals surface area contributed by atoms with Crippen LogP contribution in [0.4, 0.5) is 8.78 Å². The summed E-state index contributed by atoms with van der Waals surface area (Å²) in [4.78, 5) is 0. The molecule has 4 nitrogen and oxygen atoms in total. The van der Waals surface area contributed by atoms with E-state index in [4.69, 9.17) is 14.0 Å². The Morgan fingerprint density at radius 1 is 1.22 bits per heavy atom. The summed E-state index contributed by atoms with van der Waals surface area (Å²) in [5, 5.41) is 9.61. The number of hydrogen-bond donors (Lipinski definition) is 1. The van der Waals surface area contributed by atoms with Gasteiger partial charge in [-0.15, -0.1) is 0 Å². The highest BCUT2D eigenvalue weighted by Gasteiger charge is 2.52. The first kappa shape index (κ1) is 17.9. The fourth-order valence-corrected chi connectivity index (χ4v) is 2.21. The second kappa shape index (κ2) is 6.22. The highest BCUT2D eigenvalue weighted by molar-refractivity contribution is 6.55. The molecule has 2 rings (SSSR count). The van der Waals surface area contributed by atoms with Crippen LogP contribution in [0.2, 0.25) is 0 Å². The molecule has 1 N–H and O–H groups in total. The van der Waals surface area contributed by atoms with Crippen LogP contribution in [0, 0.1) is 11.6 Å². The standard InChI is InChI=1S/C16H21BF2O4/c1-15(2)16(3,4)23-17(22-15)11(9-20)6-10-7-12(18)14(19)13(8-10)21-5/h6-8,20H,9H2,1-5H3. The molecule has 0 radical (unpaired) electrons. The quantitative estimate of drug-likeness (QED) is 0.864. The van der Waals surface area contributed by atoms with Gasteiger partial charge in [0.15, 0.2) is 11.6 Å². The zero-order valence-corrected chi connectivity index (χ0v) is 13.9. The van der Waals surface area contributed by atoms with Gasteiger partial charge < -0.3 is 19.2 Å². The zero-order valence-electron chi connectivity index (χ0n) is 13.9. The molecule has 0 aromatic heterocycles. The maximum atomic E-state index is 13.6. The Hall–Kier alpha value is -1.44. The van der Waals surface area contributed by atoms with Crippen LogP contribution in [0.1, 0.15) is 33.3 Å². The number of ether oxygens (including phenoxy) is 1. The summed E-state index contributed by atoms with van der Waals surface area (Å²) >= 11 is 0. The minimum Gasteiger partial charge on any atom is -0.494 e. The molecule has 23 heavy (non-hydrogen) atoms. The van der Waals surface area contributed by atoms with E-state index < -0.39 is 30.0 Å². The van der Waals surface area contributed by atoms with Gasteiger partial charge in [-0.3, -0.25) is 0 Å². The fourth-order valence-electron chi connectivity index (χ4n) is 2.21. The Morgan fingerprint density at radius 2 is 1.78 bits per heavy atom. The molecule has 126 valence electrons. The number of benzene rings is 1. The van der Waals surface area contributed by atoms with Gasteiger partial charge in [0.2, 0.25) is 5.82 Å². The van der Waals surface area contributed by atoms with Gasteiger partial charge in [0.05, 0.1) is 24.9 Å². The van der Waals surface area contributed by atoms with Gasteiger partial charge >= 0.3 is 7.12 Å². The average Bonchev–Trinajstić information content (AvgIpc) is 2.68. The van der Waals surface area contributed by atoms with Crippen LogP contribution in [0.15, 0.2) is 17.6 Å². The topological polar surface area (TPSA) is 47.9 Å². The number of aliphatic hydroxyl groups is 1. The Bertz CT molecular complexity index is 613. The number of hydrogen-bond acceptors (Lipinski definition) is 4. The third-order valence-electron chi connectivity index (χ3n) is 4.33. The predicted molar refractivity (Wildman–Crippen MR) is 84.1 cm³/mol. The molecule has 1 saturated heterocycles. The Balaban J connectivity index is 2.36. The van der Waals surface area contributed by atoms with Crippen LogP contribution in [0.5, 0.6) is 5.75 Å². The summed E-state index contributed by atoms with van der Waals surface area (Å²) in [6, 6.07) is 2.37. The van der Waals surface area contributed by atoms with Gasteiger partial charge in [-0.1, -0.05) is 6.08 Å². The smallest absolute Gasteiger partial charge is 0.492 e. The molecular formula is C16H21BF2O4. The van der Waals surface area contributed by atoms with Crippen LogP contribution in [0.3, 0.4) is 0 Å². The summed E-state index contributed by atoms with van der Waals surface area (Å²) in [6.07, 6.45) is 1.51. The molecule has 0 spiro atoms. The van der Waals surface area contributed by atoms with Crippen LogP contribution in [-0.4, -0.2) is 37.1 Å². The summed E-state index contributed by atoms with van der Waals surface area (Å²) in [6.45, 7) is 7.23. The summed E-state index contributed by atoms with van der Waals surface area (Å²) in [5.41, 5.74) is -0.355. The molecule has 0 unspecified atom stereocenters. The van der Waals surface area contributed by atoms with Crippen molar-refractivity contribution in [3.05, 3.63) is 34.8 Å². The van der Waals surface area contributed by atoms with E-state index in [1.165, 1.54) is 19.3 Å². The normalized spacial score (nSPS) is 20.0. The van der Waals surface area contributed by atoms with E-state index in [0.29, 0.717) is 11.0 Å². The molecule has 1 aliphatic heterocycles. The molecule has 1 fully saturated rings. The molecule has 0 atom stereocenters. The monoisotopic (exact) mass is 326 g/mol. The van der Waals surface area contributed by atoms with E-state index in [1.54, 1.807) is 0 Å². The Kier molecular flexibility index (Phi) is 4.85. The van der Waals surface area contributed by atoms with Crippen molar-refractivity contribution in [1.82, 2.24) is 0 Å². The molecule has 1 aromatic carbocycles. The average molecular weight is 326 g/mol. The van der Waals surface area contributed by atoms with Crippen LogP contribution >= 0.6 is 0 Å². The number of rotatable bonds is 4. The van der Waals surface area contributed by atoms with Crippen LogP contribution in [-0.2, 0) is 9.31 Å². The molecule has 7 heteroatoms. The van der Waals surface area contributed by atoms with Gasteiger partial charge in [-0.25, -0.2) is 4.39 Å². The van der Waals surface area contributed by atoms with Crippen molar-refractivity contribution >= 4 is 13.2 Å². The van der Waals surface area contributed by atoms with Gasteiger partial charge in [-0.05, 0) is 50.9 Å². The molecule has 1 aliphatic rings. The SMILES string of the molecule is COc1cc(C=C(CO)B2OC(C)(C)C(C)(C)O2)cc(F)c1F. The van der Waals surface area contributed by atoms with Crippen molar-refractivity contribution in [2.75, 3.05) is 13.7 Å². The van der Waals surface area contributed by atoms with E-state index in [2.05, 4.69) is 0 Å². The van der Waals surface area contributed by atoms with Crippen molar-refractivity contribution in [2.45, 2.75) is 38.9 Å². The minimum atomic E-state index is -1.05. The first-order valence-electron chi connectivity index (χ1n) is 7.31. The van der Waals surface area contributed by atoms with Crippen LogP contribution < -0.4 is 4.74 Å². The van der Waals surface area contributed by atoms with Gasteiger partial charge in [0, 0.05) is 0 Å². The van der Waals surface area contributed by atoms with E-state index in [-0.39, 0.29) is 12.4 Å².